The lowest BCUT2D eigenvalue weighted by atomic mass is 10.2. The molecule has 0 radical (unpaired) electrons. The molecule has 0 saturated heterocycles. The molecule has 0 bridgehead atoms. The maximum atomic E-state index is 13.2. The second-order valence-corrected chi connectivity index (χ2v) is 5.34. The molecule has 5 nitrogen and oxygen atoms in total. The Bertz CT molecular complexity index is 883. The summed E-state index contributed by atoms with van der Waals surface area (Å²) in [4.78, 5) is 12.1. The van der Waals surface area contributed by atoms with Crippen molar-refractivity contribution in [2.75, 3.05) is 5.32 Å². The maximum Gasteiger partial charge on any atom is 0.313 e. The number of hydrogen-bond acceptors (Lipinski definition) is 4. The molecule has 1 heterocycles. The molecule has 3 rings (SSSR count). The Morgan fingerprint density at radius 2 is 1.96 bits per heavy atom. The molecule has 0 unspecified atom stereocenters. The van der Waals surface area contributed by atoms with Gasteiger partial charge in [0.15, 0.2) is 0 Å². The standard InChI is InChI=1S/C15H8Cl2FN3O2/c16-9-4-5-12(11(17)7-9)19-13(22)15-21-20-14(23-15)8-2-1-3-10(18)6-8/h1-7H,(H,19,22). The highest BCUT2D eigenvalue weighted by Gasteiger charge is 2.17. The average Bonchev–Trinajstić information content (AvgIpc) is 3.00. The molecular formula is C15H8Cl2FN3O2. The van der Waals surface area contributed by atoms with Gasteiger partial charge in [0.1, 0.15) is 5.82 Å². The van der Waals surface area contributed by atoms with Crippen molar-refractivity contribution >= 4 is 34.8 Å². The largest absolute Gasteiger partial charge is 0.412 e. The minimum absolute atomic E-state index is 0.0388. The minimum Gasteiger partial charge on any atom is -0.412 e. The van der Waals surface area contributed by atoms with Crippen molar-refractivity contribution in [3.05, 3.63) is 64.2 Å². The van der Waals surface area contributed by atoms with Gasteiger partial charge in [-0.2, -0.15) is 0 Å². The lowest BCUT2D eigenvalue weighted by Gasteiger charge is -2.04. The van der Waals surface area contributed by atoms with Crippen LogP contribution in [0.15, 0.2) is 46.9 Å². The zero-order valence-corrected chi connectivity index (χ0v) is 12.9. The average molecular weight is 352 g/mol. The van der Waals surface area contributed by atoms with E-state index in [9.17, 15) is 9.18 Å². The highest BCUT2D eigenvalue weighted by molar-refractivity contribution is 6.36. The van der Waals surface area contributed by atoms with Crippen LogP contribution in [0.4, 0.5) is 10.1 Å². The number of nitrogens with zero attached hydrogens (tertiary/aromatic N) is 2. The van der Waals surface area contributed by atoms with Gasteiger partial charge in [-0.15, -0.1) is 10.2 Å². The first-order chi connectivity index (χ1) is 11.0. The molecule has 0 saturated carbocycles. The second-order valence-electron chi connectivity index (χ2n) is 4.50. The van der Waals surface area contributed by atoms with Crippen LogP contribution in [0.5, 0.6) is 0 Å². The van der Waals surface area contributed by atoms with Crippen LogP contribution in [-0.4, -0.2) is 16.1 Å². The van der Waals surface area contributed by atoms with Crippen LogP contribution in [0, 0.1) is 5.82 Å². The van der Waals surface area contributed by atoms with Crippen molar-refractivity contribution in [1.82, 2.24) is 10.2 Å². The number of carbonyl (C=O) groups is 1. The van der Waals surface area contributed by atoms with Crippen LogP contribution in [0.1, 0.15) is 10.7 Å². The van der Waals surface area contributed by atoms with Gasteiger partial charge in [-0.05, 0) is 36.4 Å². The van der Waals surface area contributed by atoms with Gasteiger partial charge in [-0.1, -0.05) is 29.3 Å². The highest BCUT2D eigenvalue weighted by Crippen LogP contribution is 2.26. The summed E-state index contributed by atoms with van der Waals surface area (Å²) in [7, 11) is 0. The quantitative estimate of drug-likeness (QED) is 0.757. The van der Waals surface area contributed by atoms with Gasteiger partial charge in [-0.25, -0.2) is 4.39 Å². The molecule has 0 aliphatic carbocycles. The predicted molar refractivity (Wildman–Crippen MR) is 84.1 cm³/mol. The van der Waals surface area contributed by atoms with E-state index >= 15 is 0 Å². The molecule has 116 valence electrons. The van der Waals surface area contributed by atoms with E-state index in [0.29, 0.717) is 16.3 Å². The lowest BCUT2D eigenvalue weighted by Crippen LogP contribution is -2.12. The lowest BCUT2D eigenvalue weighted by molar-refractivity contribution is 0.0991. The summed E-state index contributed by atoms with van der Waals surface area (Å²) in [5.74, 6) is -1.31. The molecule has 3 aromatic rings. The van der Waals surface area contributed by atoms with E-state index in [4.69, 9.17) is 27.6 Å². The monoisotopic (exact) mass is 351 g/mol. The number of halogens is 3. The molecule has 2 aromatic carbocycles. The van der Waals surface area contributed by atoms with Crippen LogP contribution in [-0.2, 0) is 0 Å². The molecule has 0 atom stereocenters. The number of benzene rings is 2. The Balaban J connectivity index is 1.81. The van der Waals surface area contributed by atoms with Gasteiger partial charge >= 0.3 is 11.8 Å². The fourth-order valence-corrected chi connectivity index (χ4v) is 2.28. The number of carbonyl (C=O) groups excluding carboxylic acids is 1. The third-order valence-electron chi connectivity index (χ3n) is 2.87. The van der Waals surface area contributed by atoms with E-state index in [1.165, 1.54) is 24.3 Å². The van der Waals surface area contributed by atoms with Crippen molar-refractivity contribution < 1.29 is 13.6 Å². The third-order valence-corrected chi connectivity index (χ3v) is 3.42. The van der Waals surface area contributed by atoms with Crippen molar-refractivity contribution in [2.45, 2.75) is 0 Å². The number of aromatic nitrogens is 2. The molecule has 1 amide bonds. The fourth-order valence-electron chi connectivity index (χ4n) is 1.82. The number of nitrogens with one attached hydrogen (secondary N) is 1. The van der Waals surface area contributed by atoms with Crippen molar-refractivity contribution in [3.8, 4) is 11.5 Å². The molecule has 0 fully saturated rings. The Morgan fingerprint density at radius 3 is 2.70 bits per heavy atom. The summed E-state index contributed by atoms with van der Waals surface area (Å²) in [6.45, 7) is 0. The van der Waals surface area contributed by atoms with Gasteiger partial charge in [0.2, 0.25) is 5.89 Å². The number of anilines is 1. The zero-order chi connectivity index (χ0) is 16.4. The molecule has 1 N–H and O–H groups in total. The first-order valence-electron chi connectivity index (χ1n) is 6.39. The predicted octanol–water partition coefficient (Wildman–Crippen LogP) is 4.43. The molecule has 23 heavy (non-hydrogen) atoms. The van der Waals surface area contributed by atoms with Crippen LogP contribution in [0.2, 0.25) is 10.0 Å². The number of hydrogen-bond donors (Lipinski definition) is 1. The summed E-state index contributed by atoms with van der Waals surface area (Å²) >= 11 is 11.8. The van der Waals surface area contributed by atoms with Crippen LogP contribution >= 0.6 is 23.2 Å². The minimum atomic E-state index is -0.635. The van der Waals surface area contributed by atoms with Crippen molar-refractivity contribution in [1.29, 1.82) is 0 Å². The topological polar surface area (TPSA) is 68.0 Å². The fraction of sp³-hybridized carbons (Fsp3) is 0. The summed E-state index contributed by atoms with van der Waals surface area (Å²) in [6.07, 6.45) is 0. The Labute approximate surface area is 140 Å². The van der Waals surface area contributed by atoms with Crippen molar-refractivity contribution in [3.63, 3.8) is 0 Å². The smallest absolute Gasteiger partial charge is 0.313 e. The summed E-state index contributed by atoms with van der Waals surface area (Å²) in [6, 6.07) is 10.2. The van der Waals surface area contributed by atoms with E-state index in [1.54, 1.807) is 18.2 Å². The summed E-state index contributed by atoms with van der Waals surface area (Å²) in [5.41, 5.74) is 0.729. The Hall–Kier alpha value is -2.44. The van der Waals surface area contributed by atoms with Crippen LogP contribution in [0.25, 0.3) is 11.5 Å². The maximum absolute atomic E-state index is 13.2. The van der Waals surface area contributed by atoms with E-state index < -0.39 is 11.7 Å². The van der Waals surface area contributed by atoms with Crippen LogP contribution in [0.3, 0.4) is 0 Å². The first-order valence-corrected chi connectivity index (χ1v) is 7.14. The molecule has 0 spiro atoms. The second kappa shape index (κ2) is 6.36. The normalized spacial score (nSPS) is 10.6. The number of amides is 1. The molecule has 0 aliphatic heterocycles. The van der Waals surface area contributed by atoms with Gasteiger partial charge in [0.25, 0.3) is 0 Å². The SMILES string of the molecule is O=C(Nc1ccc(Cl)cc1Cl)c1nnc(-c2cccc(F)c2)o1. The molecular weight excluding hydrogens is 344 g/mol. The van der Waals surface area contributed by atoms with E-state index in [1.807, 2.05) is 0 Å². The van der Waals surface area contributed by atoms with Crippen molar-refractivity contribution in [2.24, 2.45) is 0 Å². The van der Waals surface area contributed by atoms with Gasteiger partial charge in [0, 0.05) is 10.6 Å². The van der Waals surface area contributed by atoms with Crippen LogP contribution < -0.4 is 5.32 Å². The number of rotatable bonds is 3. The first kappa shape index (κ1) is 15.5. The molecule has 1 aromatic heterocycles. The van der Waals surface area contributed by atoms with E-state index in [2.05, 4.69) is 15.5 Å². The Morgan fingerprint density at radius 1 is 1.13 bits per heavy atom. The summed E-state index contributed by atoms with van der Waals surface area (Å²) in [5, 5.41) is 10.6. The molecule has 8 heteroatoms. The molecule has 0 aliphatic rings. The van der Waals surface area contributed by atoms with Gasteiger partial charge in [0.05, 0.1) is 10.7 Å². The zero-order valence-electron chi connectivity index (χ0n) is 11.4. The van der Waals surface area contributed by atoms with E-state index in [0.717, 1.165) is 0 Å². The van der Waals surface area contributed by atoms with Gasteiger partial charge in [-0.3, -0.25) is 4.79 Å². The third kappa shape index (κ3) is 3.49. The highest BCUT2D eigenvalue weighted by atomic mass is 35.5. The summed E-state index contributed by atoms with van der Waals surface area (Å²) < 4.78 is 18.4. The van der Waals surface area contributed by atoms with Gasteiger partial charge < -0.3 is 9.73 Å². The van der Waals surface area contributed by atoms with E-state index in [-0.39, 0.29) is 16.8 Å². The Kier molecular flexibility index (Phi) is 4.27.